The molecule has 0 atom stereocenters. The fourth-order valence-electron chi connectivity index (χ4n) is 1.44. The van der Waals surface area contributed by atoms with E-state index >= 15 is 0 Å². The minimum Gasteiger partial charge on any atom is -0.306 e. The molecule has 0 bridgehead atoms. The maximum Gasteiger partial charge on any atom is 0.323 e. The van der Waals surface area contributed by atoms with Gasteiger partial charge in [-0.05, 0) is 18.1 Å². The van der Waals surface area contributed by atoms with Crippen molar-refractivity contribution in [3.63, 3.8) is 0 Å². The molecule has 1 aromatic carbocycles. The van der Waals surface area contributed by atoms with Crippen LogP contribution < -0.4 is 5.69 Å². The molecule has 0 spiro atoms. The van der Waals surface area contributed by atoms with E-state index in [9.17, 15) is 4.79 Å². The first-order chi connectivity index (χ1) is 6.31. The Hall–Kier alpha value is -1.77. The molecule has 0 aliphatic heterocycles. The smallest absolute Gasteiger partial charge is 0.306 e. The zero-order valence-corrected chi connectivity index (χ0v) is 7.13. The SMILES string of the molecule is C=CCc1cccc2[nH]c(=O)[nH]c12. The average Bonchev–Trinajstić information content (AvgIpc) is 2.47. The van der Waals surface area contributed by atoms with Crippen LogP contribution in [0.2, 0.25) is 0 Å². The zero-order chi connectivity index (χ0) is 9.26. The largest absolute Gasteiger partial charge is 0.323 e. The molecule has 2 rings (SSSR count). The lowest BCUT2D eigenvalue weighted by atomic mass is 10.1. The van der Waals surface area contributed by atoms with E-state index in [1.54, 1.807) is 0 Å². The van der Waals surface area contributed by atoms with Crippen molar-refractivity contribution in [2.24, 2.45) is 0 Å². The van der Waals surface area contributed by atoms with E-state index in [0.29, 0.717) is 0 Å². The number of aromatic nitrogens is 2. The molecule has 2 N–H and O–H groups in total. The van der Waals surface area contributed by atoms with Crippen molar-refractivity contribution in [1.29, 1.82) is 0 Å². The maximum atomic E-state index is 11.0. The molecule has 0 aliphatic carbocycles. The van der Waals surface area contributed by atoms with Gasteiger partial charge in [-0.1, -0.05) is 18.2 Å². The number of rotatable bonds is 2. The summed E-state index contributed by atoms with van der Waals surface area (Å²) in [5.41, 5.74) is 2.66. The highest BCUT2D eigenvalue weighted by Crippen LogP contribution is 2.13. The van der Waals surface area contributed by atoms with Crippen LogP contribution in [0.4, 0.5) is 0 Å². The molecule has 0 fully saturated rings. The van der Waals surface area contributed by atoms with Crippen molar-refractivity contribution in [3.05, 3.63) is 46.9 Å². The van der Waals surface area contributed by atoms with Crippen molar-refractivity contribution in [3.8, 4) is 0 Å². The quantitative estimate of drug-likeness (QED) is 0.667. The number of para-hydroxylation sites is 1. The summed E-state index contributed by atoms with van der Waals surface area (Å²) in [6.07, 6.45) is 2.59. The van der Waals surface area contributed by atoms with Gasteiger partial charge in [0.2, 0.25) is 0 Å². The van der Waals surface area contributed by atoms with Crippen LogP contribution in [-0.4, -0.2) is 9.97 Å². The molecular weight excluding hydrogens is 164 g/mol. The summed E-state index contributed by atoms with van der Waals surface area (Å²) in [4.78, 5) is 16.5. The van der Waals surface area contributed by atoms with Gasteiger partial charge >= 0.3 is 5.69 Å². The first-order valence-corrected chi connectivity index (χ1v) is 4.12. The highest BCUT2D eigenvalue weighted by atomic mass is 16.1. The number of H-pyrrole nitrogens is 2. The van der Waals surface area contributed by atoms with Crippen molar-refractivity contribution in [1.82, 2.24) is 9.97 Å². The molecule has 1 heterocycles. The van der Waals surface area contributed by atoms with Gasteiger partial charge in [0.25, 0.3) is 0 Å². The lowest BCUT2D eigenvalue weighted by Crippen LogP contribution is -1.99. The molecule has 3 heteroatoms. The second kappa shape index (κ2) is 2.94. The molecule has 0 saturated heterocycles. The molecule has 2 aromatic rings. The van der Waals surface area contributed by atoms with Crippen LogP contribution in [0.3, 0.4) is 0 Å². The standard InChI is InChI=1S/C10H10N2O/c1-2-4-7-5-3-6-8-9(7)12-10(13)11-8/h2-3,5-6H,1,4H2,(H2,11,12,13). The third kappa shape index (κ3) is 1.28. The molecule has 13 heavy (non-hydrogen) atoms. The Bertz CT molecular complexity index is 493. The zero-order valence-electron chi connectivity index (χ0n) is 7.13. The number of hydrogen-bond donors (Lipinski definition) is 2. The summed E-state index contributed by atoms with van der Waals surface area (Å²) in [5.74, 6) is 0. The summed E-state index contributed by atoms with van der Waals surface area (Å²) in [5, 5.41) is 0. The summed E-state index contributed by atoms with van der Waals surface area (Å²) < 4.78 is 0. The van der Waals surface area contributed by atoms with E-state index in [1.807, 2.05) is 24.3 Å². The third-order valence-electron chi connectivity index (χ3n) is 2.00. The van der Waals surface area contributed by atoms with Gasteiger partial charge in [-0.3, -0.25) is 0 Å². The van der Waals surface area contributed by atoms with Crippen molar-refractivity contribution >= 4 is 11.0 Å². The van der Waals surface area contributed by atoms with E-state index in [1.165, 1.54) is 0 Å². The van der Waals surface area contributed by atoms with Crippen LogP contribution >= 0.6 is 0 Å². The van der Waals surface area contributed by atoms with Gasteiger partial charge in [0.15, 0.2) is 0 Å². The van der Waals surface area contributed by atoms with Crippen LogP contribution in [0.5, 0.6) is 0 Å². The Morgan fingerprint density at radius 1 is 1.38 bits per heavy atom. The Labute approximate surface area is 75.1 Å². The van der Waals surface area contributed by atoms with Gasteiger partial charge in [0.1, 0.15) is 0 Å². The Morgan fingerprint density at radius 2 is 2.23 bits per heavy atom. The Morgan fingerprint density at radius 3 is 3.00 bits per heavy atom. The van der Waals surface area contributed by atoms with Gasteiger partial charge in [-0.15, -0.1) is 6.58 Å². The molecule has 0 saturated carbocycles. The number of benzene rings is 1. The number of hydrogen-bond acceptors (Lipinski definition) is 1. The van der Waals surface area contributed by atoms with Crippen molar-refractivity contribution < 1.29 is 0 Å². The fraction of sp³-hybridized carbons (Fsp3) is 0.100. The predicted octanol–water partition coefficient (Wildman–Crippen LogP) is 1.58. The minimum atomic E-state index is -0.161. The van der Waals surface area contributed by atoms with Crippen LogP contribution in [0.15, 0.2) is 35.6 Å². The second-order valence-electron chi connectivity index (χ2n) is 2.91. The Balaban J connectivity index is 2.74. The lowest BCUT2D eigenvalue weighted by molar-refractivity contribution is 1.20. The molecule has 1 aromatic heterocycles. The van der Waals surface area contributed by atoms with Gasteiger partial charge in [0, 0.05) is 0 Å². The monoisotopic (exact) mass is 174 g/mol. The first-order valence-electron chi connectivity index (χ1n) is 4.12. The molecule has 0 radical (unpaired) electrons. The summed E-state index contributed by atoms with van der Waals surface area (Å²) in [6, 6.07) is 5.78. The van der Waals surface area contributed by atoms with Crippen molar-refractivity contribution in [2.45, 2.75) is 6.42 Å². The first kappa shape index (κ1) is 7.86. The number of aromatic amines is 2. The third-order valence-corrected chi connectivity index (χ3v) is 2.00. The van der Waals surface area contributed by atoms with Gasteiger partial charge in [-0.2, -0.15) is 0 Å². The molecule has 66 valence electrons. The van der Waals surface area contributed by atoms with E-state index in [2.05, 4.69) is 16.5 Å². The topological polar surface area (TPSA) is 48.6 Å². The minimum absolute atomic E-state index is 0.161. The van der Waals surface area contributed by atoms with Gasteiger partial charge in [-0.25, -0.2) is 4.79 Å². The number of imidazole rings is 1. The highest BCUT2D eigenvalue weighted by molar-refractivity contribution is 5.78. The van der Waals surface area contributed by atoms with Crippen molar-refractivity contribution in [2.75, 3.05) is 0 Å². The average molecular weight is 174 g/mol. The van der Waals surface area contributed by atoms with Crippen LogP contribution in [0.25, 0.3) is 11.0 Å². The molecule has 0 amide bonds. The Kier molecular flexibility index (Phi) is 1.77. The van der Waals surface area contributed by atoms with E-state index in [4.69, 9.17) is 0 Å². The van der Waals surface area contributed by atoms with Crippen LogP contribution in [-0.2, 0) is 6.42 Å². The van der Waals surface area contributed by atoms with Crippen LogP contribution in [0.1, 0.15) is 5.56 Å². The number of fused-ring (bicyclic) bond motifs is 1. The van der Waals surface area contributed by atoms with Gasteiger partial charge < -0.3 is 9.97 Å². The predicted molar refractivity (Wildman–Crippen MR) is 52.8 cm³/mol. The van der Waals surface area contributed by atoms with E-state index < -0.39 is 0 Å². The summed E-state index contributed by atoms with van der Waals surface area (Å²) >= 11 is 0. The molecular formula is C10H10N2O. The molecule has 3 nitrogen and oxygen atoms in total. The second-order valence-corrected chi connectivity index (χ2v) is 2.91. The maximum absolute atomic E-state index is 11.0. The normalized spacial score (nSPS) is 10.5. The molecule has 0 unspecified atom stereocenters. The number of nitrogens with one attached hydrogen (secondary N) is 2. The summed E-state index contributed by atoms with van der Waals surface area (Å²) in [7, 11) is 0. The van der Waals surface area contributed by atoms with E-state index in [0.717, 1.165) is 23.0 Å². The fourth-order valence-corrected chi connectivity index (χ4v) is 1.44. The summed E-state index contributed by atoms with van der Waals surface area (Å²) in [6.45, 7) is 3.67. The van der Waals surface area contributed by atoms with E-state index in [-0.39, 0.29) is 5.69 Å². The lowest BCUT2D eigenvalue weighted by Gasteiger charge is -1.96. The highest BCUT2D eigenvalue weighted by Gasteiger charge is 2.01. The number of allylic oxidation sites excluding steroid dienone is 1. The molecule has 0 aliphatic rings. The van der Waals surface area contributed by atoms with Gasteiger partial charge in [0.05, 0.1) is 11.0 Å². The van der Waals surface area contributed by atoms with Crippen LogP contribution in [0, 0.1) is 0 Å².